The first-order valence-electron chi connectivity index (χ1n) is 8.11. The van der Waals surface area contributed by atoms with Crippen molar-refractivity contribution in [2.45, 2.75) is 37.6 Å². The Labute approximate surface area is 154 Å². The summed E-state index contributed by atoms with van der Waals surface area (Å²) in [6, 6.07) is 12.9. The lowest BCUT2D eigenvalue weighted by Crippen LogP contribution is -2.31. The van der Waals surface area contributed by atoms with E-state index in [0.717, 1.165) is 5.56 Å². The van der Waals surface area contributed by atoms with Gasteiger partial charge in [-0.2, -0.15) is 8.42 Å². The number of rotatable bonds is 8. The zero-order valence-electron chi connectivity index (χ0n) is 15.3. The van der Waals surface area contributed by atoms with Crippen LogP contribution in [-0.4, -0.2) is 33.0 Å². The summed E-state index contributed by atoms with van der Waals surface area (Å²) in [5.41, 5.74) is 1.36. The number of aromatic hydroxyl groups is 1. The van der Waals surface area contributed by atoms with Crippen molar-refractivity contribution in [1.29, 1.82) is 0 Å². The highest BCUT2D eigenvalue weighted by atomic mass is 32.2. The van der Waals surface area contributed by atoms with Crippen molar-refractivity contribution in [2.75, 3.05) is 13.7 Å². The summed E-state index contributed by atoms with van der Waals surface area (Å²) in [5, 5.41) is 10.1. The SMILES string of the molecule is COC(C)(C)OC(COS(=O)(=O)c1ccc(C)cc1)c1ccccc1O. The van der Waals surface area contributed by atoms with Crippen LogP contribution < -0.4 is 0 Å². The smallest absolute Gasteiger partial charge is 0.297 e. The lowest BCUT2D eigenvalue weighted by atomic mass is 10.1. The second-order valence-electron chi connectivity index (χ2n) is 6.32. The number of benzene rings is 2. The third-order valence-electron chi connectivity index (χ3n) is 3.89. The molecule has 0 aromatic heterocycles. The first-order chi connectivity index (χ1) is 12.1. The average molecular weight is 380 g/mol. The van der Waals surface area contributed by atoms with Gasteiger partial charge in [-0.15, -0.1) is 0 Å². The molecule has 0 radical (unpaired) electrons. The molecule has 0 fully saturated rings. The molecule has 2 aromatic rings. The number of phenols is 1. The summed E-state index contributed by atoms with van der Waals surface area (Å²) in [7, 11) is -2.48. The maximum atomic E-state index is 12.4. The Morgan fingerprint density at radius 2 is 1.69 bits per heavy atom. The Morgan fingerprint density at radius 1 is 1.08 bits per heavy atom. The molecule has 1 N–H and O–H groups in total. The van der Waals surface area contributed by atoms with Crippen molar-refractivity contribution in [3.63, 3.8) is 0 Å². The Kier molecular flexibility index (Phi) is 6.41. The van der Waals surface area contributed by atoms with Gasteiger partial charge in [0.2, 0.25) is 0 Å². The minimum Gasteiger partial charge on any atom is -0.508 e. The molecule has 0 aliphatic carbocycles. The molecule has 0 amide bonds. The first kappa shape index (κ1) is 20.4. The second kappa shape index (κ2) is 8.18. The van der Waals surface area contributed by atoms with Gasteiger partial charge in [0.05, 0.1) is 11.5 Å². The summed E-state index contributed by atoms with van der Waals surface area (Å²) < 4.78 is 41.1. The van der Waals surface area contributed by atoms with Crippen molar-refractivity contribution in [1.82, 2.24) is 0 Å². The van der Waals surface area contributed by atoms with Gasteiger partial charge < -0.3 is 14.6 Å². The number of methoxy groups -OCH3 is 1. The molecular formula is C19H24O6S. The molecule has 1 unspecified atom stereocenters. The molecule has 2 aromatic carbocycles. The van der Waals surface area contributed by atoms with E-state index in [4.69, 9.17) is 13.7 Å². The Hall–Kier alpha value is -1.93. The van der Waals surface area contributed by atoms with E-state index in [-0.39, 0.29) is 17.3 Å². The lowest BCUT2D eigenvalue weighted by molar-refractivity contribution is -0.230. The first-order valence-corrected chi connectivity index (χ1v) is 9.52. The molecule has 1 atom stereocenters. The van der Waals surface area contributed by atoms with Crippen molar-refractivity contribution in [3.8, 4) is 5.75 Å². The predicted molar refractivity (Wildman–Crippen MR) is 97.3 cm³/mol. The molecule has 0 heterocycles. The summed E-state index contributed by atoms with van der Waals surface area (Å²) in [6.45, 7) is 4.94. The Bertz CT molecular complexity index is 827. The van der Waals surface area contributed by atoms with E-state index < -0.39 is 22.0 Å². The van der Waals surface area contributed by atoms with Crippen molar-refractivity contribution < 1.29 is 27.2 Å². The highest BCUT2D eigenvalue weighted by Gasteiger charge is 2.28. The van der Waals surface area contributed by atoms with Gasteiger partial charge in [-0.05, 0) is 39.0 Å². The molecule has 142 valence electrons. The Morgan fingerprint density at radius 3 is 2.27 bits per heavy atom. The zero-order valence-corrected chi connectivity index (χ0v) is 16.1. The maximum Gasteiger partial charge on any atom is 0.297 e. The third-order valence-corrected chi connectivity index (χ3v) is 5.18. The van der Waals surface area contributed by atoms with Crippen LogP contribution in [0, 0.1) is 6.92 Å². The van der Waals surface area contributed by atoms with Crippen molar-refractivity contribution >= 4 is 10.1 Å². The zero-order chi connectivity index (χ0) is 19.4. The van der Waals surface area contributed by atoms with Crippen LogP contribution in [0.3, 0.4) is 0 Å². The molecule has 0 spiro atoms. The van der Waals surface area contributed by atoms with Gasteiger partial charge >= 0.3 is 0 Å². The van der Waals surface area contributed by atoms with Crippen LogP contribution in [0.4, 0.5) is 0 Å². The summed E-state index contributed by atoms with van der Waals surface area (Å²) in [6.07, 6.45) is -0.841. The van der Waals surface area contributed by atoms with E-state index in [2.05, 4.69) is 0 Å². The molecule has 0 saturated heterocycles. The standard InChI is InChI=1S/C19H24O6S/c1-14-9-11-15(12-10-14)26(21,22)24-13-18(25-19(2,3)23-4)16-7-5-6-8-17(16)20/h5-12,18,20H,13H2,1-4H3. The van der Waals surface area contributed by atoms with E-state index in [1.54, 1.807) is 44.2 Å². The van der Waals surface area contributed by atoms with E-state index in [1.165, 1.54) is 25.3 Å². The number of hydrogen-bond acceptors (Lipinski definition) is 6. The lowest BCUT2D eigenvalue weighted by Gasteiger charge is -2.29. The molecule has 6 nitrogen and oxygen atoms in total. The molecule has 0 saturated carbocycles. The number of aryl methyl sites for hydroxylation is 1. The molecule has 26 heavy (non-hydrogen) atoms. The van der Waals surface area contributed by atoms with Crippen LogP contribution in [0.1, 0.15) is 31.1 Å². The highest BCUT2D eigenvalue weighted by Crippen LogP contribution is 2.31. The molecule has 0 aliphatic heterocycles. The highest BCUT2D eigenvalue weighted by molar-refractivity contribution is 7.86. The fourth-order valence-electron chi connectivity index (χ4n) is 2.26. The second-order valence-corrected chi connectivity index (χ2v) is 7.94. The van der Waals surface area contributed by atoms with Crippen LogP contribution in [0.2, 0.25) is 0 Å². The van der Waals surface area contributed by atoms with Crippen LogP contribution in [0.25, 0.3) is 0 Å². The minimum atomic E-state index is -3.96. The molecular weight excluding hydrogens is 356 g/mol. The van der Waals surface area contributed by atoms with Crippen LogP contribution in [0.15, 0.2) is 53.4 Å². The maximum absolute atomic E-state index is 12.4. The third kappa shape index (κ3) is 5.28. The number of phenolic OH excluding ortho intramolecular Hbond substituents is 1. The topological polar surface area (TPSA) is 82.1 Å². The average Bonchev–Trinajstić information content (AvgIpc) is 2.59. The summed E-state index contributed by atoms with van der Waals surface area (Å²) in [4.78, 5) is 0.0603. The quantitative estimate of drug-likeness (QED) is 0.557. The fourth-order valence-corrected chi connectivity index (χ4v) is 3.17. The monoisotopic (exact) mass is 380 g/mol. The van der Waals surface area contributed by atoms with Gasteiger partial charge in [-0.1, -0.05) is 35.9 Å². The summed E-state index contributed by atoms with van der Waals surface area (Å²) >= 11 is 0. The molecule has 2 rings (SSSR count). The minimum absolute atomic E-state index is 0.0132. The van der Waals surface area contributed by atoms with Crippen LogP contribution in [0.5, 0.6) is 5.75 Å². The Balaban J connectivity index is 2.24. The van der Waals surface area contributed by atoms with Gasteiger partial charge in [0.1, 0.15) is 11.9 Å². The van der Waals surface area contributed by atoms with Crippen LogP contribution >= 0.6 is 0 Å². The largest absolute Gasteiger partial charge is 0.508 e. The van der Waals surface area contributed by atoms with E-state index in [1.807, 2.05) is 6.92 Å². The predicted octanol–water partition coefficient (Wildman–Crippen LogP) is 3.55. The van der Waals surface area contributed by atoms with Gasteiger partial charge in [-0.25, -0.2) is 0 Å². The van der Waals surface area contributed by atoms with Crippen molar-refractivity contribution in [2.24, 2.45) is 0 Å². The van der Waals surface area contributed by atoms with Gasteiger partial charge in [0.25, 0.3) is 10.1 Å². The number of para-hydroxylation sites is 1. The molecule has 0 bridgehead atoms. The van der Waals surface area contributed by atoms with E-state index >= 15 is 0 Å². The fraction of sp³-hybridized carbons (Fsp3) is 0.368. The van der Waals surface area contributed by atoms with E-state index in [9.17, 15) is 13.5 Å². The van der Waals surface area contributed by atoms with Crippen molar-refractivity contribution in [3.05, 3.63) is 59.7 Å². The van der Waals surface area contributed by atoms with Gasteiger partial charge in [-0.3, -0.25) is 4.18 Å². The van der Waals surface area contributed by atoms with E-state index in [0.29, 0.717) is 5.56 Å². The number of hydrogen-bond donors (Lipinski definition) is 1. The normalized spacial score (nSPS) is 13.5. The number of ether oxygens (including phenoxy) is 2. The van der Waals surface area contributed by atoms with Gasteiger partial charge in [0.15, 0.2) is 5.79 Å². The summed E-state index contributed by atoms with van der Waals surface area (Å²) in [5.74, 6) is -1.01. The van der Waals surface area contributed by atoms with Gasteiger partial charge in [0, 0.05) is 12.7 Å². The van der Waals surface area contributed by atoms with Crippen LogP contribution in [-0.2, 0) is 23.8 Å². The molecule has 7 heteroatoms. The molecule has 0 aliphatic rings.